The highest BCUT2D eigenvalue weighted by atomic mass is 16.5. The van der Waals surface area contributed by atoms with Gasteiger partial charge in [-0.3, -0.25) is 0 Å². The number of ether oxygens (including phenoxy) is 3. The zero-order chi connectivity index (χ0) is 21.3. The molecule has 1 fully saturated rings. The molecular weight excluding hydrogens is 382 g/mol. The Morgan fingerprint density at radius 3 is 2.73 bits per heavy atom. The Bertz CT molecular complexity index is 775. The van der Waals surface area contributed by atoms with Crippen LogP contribution in [0.3, 0.4) is 0 Å². The molecule has 1 aliphatic rings. The first kappa shape index (κ1) is 22.9. The van der Waals surface area contributed by atoms with Crippen molar-refractivity contribution >= 4 is 0 Å². The van der Waals surface area contributed by atoms with Gasteiger partial charge in [0.25, 0.3) is 0 Å². The number of hydrogen-bond donors (Lipinski definition) is 1. The lowest BCUT2D eigenvalue weighted by Crippen LogP contribution is -2.32. The number of oxazole rings is 1. The molecular formula is C24H35NO5. The smallest absolute Gasteiger partial charge is 0.226 e. The van der Waals surface area contributed by atoms with Crippen LogP contribution in [0.5, 0.6) is 0 Å². The van der Waals surface area contributed by atoms with E-state index in [0.29, 0.717) is 25.7 Å². The summed E-state index contributed by atoms with van der Waals surface area (Å²) in [5.41, 5.74) is 3.01. The van der Waals surface area contributed by atoms with Gasteiger partial charge in [-0.1, -0.05) is 24.6 Å². The van der Waals surface area contributed by atoms with Gasteiger partial charge >= 0.3 is 0 Å². The Kier molecular flexibility index (Phi) is 8.88. The fourth-order valence-corrected chi connectivity index (χ4v) is 3.75. The van der Waals surface area contributed by atoms with E-state index >= 15 is 0 Å². The molecule has 3 atom stereocenters. The minimum Gasteiger partial charge on any atom is -0.441 e. The summed E-state index contributed by atoms with van der Waals surface area (Å²) < 4.78 is 23.7. The van der Waals surface area contributed by atoms with Crippen molar-refractivity contribution in [2.24, 2.45) is 0 Å². The van der Waals surface area contributed by atoms with Crippen LogP contribution >= 0.6 is 0 Å². The third-order valence-electron chi connectivity index (χ3n) is 5.47. The summed E-state index contributed by atoms with van der Waals surface area (Å²) in [4.78, 5) is 4.66. The predicted molar refractivity (Wildman–Crippen MR) is 115 cm³/mol. The SMILES string of the molecule is CCCO[C@H](CO)CO[C@@H]1CCC[C@H](OCc2nc(-c3cccc(C)c3)oc2C)C1. The summed E-state index contributed by atoms with van der Waals surface area (Å²) in [6.07, 6.45) is 4.95. The van der Waals surface area contributed by atoms with Crippen molar-refractivity contribution in [3.8, 4) is 11.5 Å². The van der Waals surface area contributed by atoms with Gasteiger partial charge in [0, 0.05) is 12.2 Å². The maximum atomic E-state index is 9.42. The number of benzene rings is 1. The maximum Gasteiger partial charge on any atom is 0.226 e. The van der Waals surface area contributed by atoms with Gasteiger partial charge in [0.2, 0.25) is 5.89 Å². The minimum absolute atomic E-state index is 0.0125. The Morgan fingerprint density at radius 1 is 1.20 bits per heavy atom. The van der Waals surface area contributed by atoms with Crippen LogP contribution in [0.25, 0.3) is 11.5 Å². The molecule has 0 aliphatic heterocycles. The summed E-state index contributed by atoms with van der Waals surface area (Å²) in [6.45, 7) is 7.55. The summed E-state index contributed by atoms with van der Waals surface area (Å²) in [5, 5.41) is 9.42. The number of aryl methyl sites for hydroxylation is 2. The molecule has 6 nitrogen and oxygen atoms in total. The standard InChI is InChI=1S/C24H35NO5/c1-4-11-27-22(14-26)15-28-20-9-6-10-21(13-20)29-16-23-18(3)30-24(25-23)19-8-5-7-17(2)12-19/h5,7-8,12,20-22,26H,4,6,9-11,13-16H2,1-3H3/t20-,21+,22-/m1/s1. The largest absolute Gasteiger partial charge is 0.441 e. The van der Waals surface area contributed by atoms with Crippen LogP contribution in [-0.4, -0.2) is 48.2 Å². The Labute approximate surface area is 179 Å². The molecule has 30 heavy (non-hydrogen) atoms. The van der Waals surface area contributed by atoms with Gasteiger partial charge < -0.3 is 23.7 Å². The van der Waals surface area contributed by atoms with Gasteiger partial charge in [0.1, 0.15) is 17.6 Å². The van der Waals surface area contributed by atoms with Gasteiger partial charge in [-0.2, -0.15) is 0 Å². The molecule has 0 unspecified atom stereocenters. The fraction of sp³-hybridized carbons (Fsp3) is 0.625. The zero-order valence-electron chi connectivity index (χ0n) is 18.4. The molecule has 1 N–H and O–H groups in total. The van der Waals surface area contributed by atoms with E-state index in [2.05, 4.69) is 31.0 Å². The van der Waals surface area contributed by atoms with E-state index in [0.717, 1.165) is 49.1 Å². The molecule has 1 aliphatic carbocycles. The lowest BCUT2D eigenvalue weighted by Gasteiger charge is -2.30. The molecule has 1 heterocycles. The molecule has 1 saturated carbocycles. The van der Waals surface area contributed by atoms with E-state index in [1.54, 1.807) is 0 Å². The van der Waals surface area contributed by atoms with E-state index < -0.39 is 0 Å². The average Bonchev–Trinajstić information content (AvgIpc) is 3.13. The van der Waals surface area contributed by atoms with E-state index in [1.807, 2.05) is 19.1 Å². The third-order valence-corrected chi connectivity index (χ3v) is 5.47. The zero-order valence-corrected chi connectivity index (χ0v) is 18.4. The second-order valence-electron chi connectivity index (χ2n) is 8.12. The van der Waals surface area contributed by atoms with Crippen molar-refractivity contribution in [3.05, 3.63) is 41.3 Å². The highest BCUT2D eigenvalue weighted by Gasteiger charge is 2.25. The third kappa shape index (κ3) is 6.64. The summed E-state index contributed by atoms with van der Waals surface area (Å²) in [6, 6.07) is 8.15. The molecule has 0 amide bonds. The molecule has 1 aromatic carbocycles. The molecule has 0 bridgehead atoms. The van der Waals surface area contributed by atoms with E-state index in [4.69, 9.17) is 18.6 Å². The normalized spacial score (nSPS) is 20.4. The topological polar surface area (TPSA) is 74.0 Å². The van der Waals surface area contributed by atoms with Gasteiger partial charge in [-0.25, -0.2) is 4.98 Å². The Hall–Kier alpha value is -1.73. The van der Waals surface area contributed by atoms with Crippen LogP contribution in [0.2, 0.25) is 0 Å². The van der Waals surface area contributed by atoms with Crippen LogP contribution in [0.15, 0.2) is 28.7 Å². The van der Waals surface area contributed by atoms with Crippen molar-refractivity contribution in [2.75, 3.05) is 19.8 Å². The first-order valence-corrected chi connectivity index (χ1v) is 11.1. The van der Waals surface area contributed by atoms with Crippen molar-refractivity contribution in [3.63, 3.8) is 0 Å². The van der Waals surface area contributed by atoms with Crippen molar-refractivity contribution in [1.29, 1.82) is 0 Å². The quantitative estimate of drug-likeness (QED) is 0.576. The molecule has 3 rings (SSSR count). The van der Waals surface area contributed by atoms with E-state index in [1.165, 1.54) is 5.56 Å². The van der Waals surface area contributed by atoms with Crippen LogP contribution in [0, 0.1) is 13.8 Å². The van der Waals surface area contributed by atoms with Gasteiger partial charge in [0.15, 0.2) is 0 Å². The highest BCUT2D eigenvalue weighted by Crippen LogP contribution is 2.27. The van der Waals surface area contributed by atoms with Gasteiger partial charge in [-0.15, -0.1) is 0 Å². The Morgan fingerprint density at radius 2 is 2.00 bits per heavy atom. The van der Waals surface area contributed by atoms with Crippen molar-refractivity contribution in [2.45, 2.75) is 77.8 Å². The fourth-order valence-electron chi connectivity index (χ4n) is 3.75. The second kappa shape index (κ2) is 11.6. The first-order valence-electron chi connectivity index (χ1n) is 11.1. The van der Waals surface area contributed by atoms with Crippen molar-refractivity contribution < 1.29 is 23.7 Å². The number of hydrogen-bond acceptors (Lipinski definition) is 6. The van der Waals surface area contributed by atoms with E-state index in [9.17, 15) is 5.11 Å². The molecule has 1 aromatic heterocycles. The van der Waals surface area contributed by atoms with Crippen molar-refractivity contribution in [1.82, 2.24) is 4.98 Å². The lowest BCUT2D eigenvalue weighted by molar-refractivity contribution is -0.0925. The first-order chi connectivity index (χ1) is 14.6. The van der Waals surface area contributed by atoms with Gasteiger partial charge in [-0.05, 0) is 58.1 Å². The Balaban J connectivity index is 1.49. The van der Waals surface area contributed by atoms with Crippen LogP contribution in [0.1, 0.15) is 56.0 Å². The molecule has 0 saturated heterocycles. The molecule has 6 heteroatoms. The maximum absolute atomic E-state index is 9.42. The minimum atomic E-state index is -0.246. The average molecular weight is 418 g/mol. The summed E-state index contributed by atoms with van der Waals surface area (Å²) >= 11 is 0. The van der Waals surface area contributed by atoms with Gasteiger partial charge in [0.05, 0.1) is 32.0 Å². The second-order valence-corrected chi connectivity index (χ2v) is 8.12. The van der Waals surface area contributed by atoms with E-state index in [-0.39, 0.29) is 24.9 Å². The number of rotatable bonds is 11. The number of aliphatic hydroxyl groups excluding tert-OH is 1. The number of aromatic nitrogens is 1. The number of nitrogens with zero attached hydrogens (tertiary/aromatic N) is 1. The lowest BCUT2D eigenvalue weighted by atomic mass is 9.95. The predicted octanol–water partition coefficient (Wildman–Crippen LogP) is 4.59. The van der Waals surface area contributed by atoms with Crippen LogP contribution in [-0.2, 0) is 20.8 Å². The highest BCUT2D eigenvalue weighted by molar-refractivity contribution is 5.54. The molecule has 2 aromatic rings. The monoisotopic (exact) mass is 417 g/mol. The molecule has 166 valence electrons. The van der Waals surface area contributed by atoms with Crippen LogP contribution < -0.4 is 0 Å². The summed E-state index contributed by atoms with van der Waals surface area (Å²) in [7, 11) is 0. The molecule has 0 radical (unpaired) electrons. The number of aliphatic hydroxyl groups is 1. The summed E-state index contributed by atoms with van der Waals surface area (Å²) in [5.74, 6) is 1.44. The molecule has 0 spiro atoms. The van der Waals surface area contributed by atoms with Crippen LogP contribution in [0.4, 0.5) is 0 Å².